The van der Waals surface area contributed by atoms with Crippen molar-refractivity contribution in [2.24, 2.45) is 23.7 Å². The van der Waals surface area contributed by atoms with Gasteiger partial charge in [-0.15, -0.1) is 0 Å². The van der Waals surface area contributed by atoms with Crippen LogP contribution in [-0.2, 0) is 9.59 Å². The molecule has 0 spiro atoms. The molecule has 0 aromatic rings. The molecule has 2 bridgehead atoms. The number of aliphatic carboxylic acids is 1. The molecule has 2 saturated carbocycles. The van der Waals surface area contributed by atoms with Crippen LogP contribution in [0.4, 0.5) is 0 Å². The van der Waals surface area contributed by atoms with Crippen LogP contribution in [0.25, 0.3) is 0 Å². The van der Waals surface area contributed by atoms with Gasteiger partial charge >= 0.3 is 5.97 Å². The Hall–Kier alpha value is -0.970. The highest BCUT2D eigenvalue weighted by Crippen LogP contribution is 2.48. The van der Waals surface area contributed by atoms with Crippen molar-refractivity contribution in [3.63, 3.8) is 0 Å². The SMILES string of the molecule is CSC1CCCC1NC(=O)C1C2C=CC(C2)C1C(=O)O. The molecule has 3 rings (SSSR count). The number of nitrogens with one attached hydrogen (secondary N) is 1. The summed E-state index contributed by atoms with van der Waals surface area (Å²) in [5.41, 5.74) is 0. The fourth-order valence-electron chi connectivity index (χ4n) is 4.17. The van der Waals surface area contributed by atoms with Gasteiger partial charge in [0, 0.05) is 11.3 Å². The Balaban J connectivity index is 1.70. The zero-order valence-corrected chi connectivity index (χ0v) is 12.4. The van der Waals surface area contributed by atoms with Gasteiger partial charge in [0.1, 0.15) is 0 Å². The van der Waals surface area contributed by atoms with Crippen molar-refractivity contribution in [2.75, 3.05) is 6.26 Å². The minimum atomic E-state index is -0.824. The van der Waals surface area contributed by atoms with E-state index in [0.717, 1.165) is 25.7 Å². The number of hydrogen-bond acceptors (Lipinski definition) is 3. The highest BCUT2D eigenvalue weighted by molar-refractivity contribution is 7.99. The van der Waals surface area contributed by atoms with Crippen molar-refractivity contribution >= 4 is 23.6 Å². The van der Waals surface area contributed by atoms with Gasteiger partial charge in [-0.3, -0.25) is 9.59 Å². The van der Waals surface area contributed by atoms with Crippen LogP contribution in [-0.4, -0.2) is 34.5 Å². The third-order valence-corrected chi connectivity index (χ3v) is 6.30. The van der Waals surface area contributed by atoms with Crippen LogP contribution in [0.15, 0.2) is 12.2 Å². The van der Waals surface area contributed by atoms with E-state index in [9.17, 15) is 14.7 Å². The van der Waals surface area contributed by atoms with Gasteiger partial charge < -0.3 is 10.4 Å². The van der Waals surface area contributed by atoms with Gasteiger partial charge in [-0.2, -0.15) is 11.8 Å². The van der Waals surface area contributed by atoms with E-state index in [1.807, 2.05) is 12.2 Å². The van der Waals surface area contributed by atoms with E-state index < -0.39 is 11.9 Å². The molecule has 20 heavy (non-hydrogen) atoms. The first-order valence-corrected chi connectivity index (χ1v) is 8.65. The average molecular weight is 295 g/mol. The third-order valence-electron chi connectivity index (χ3n) is 5.13. The summed E-state index contributed by atoms with van der Waals surface area (Å²) in [5.74, 6) is -1.59. The molecule has 0 radical (unpaired) electrons. The Labute approximate surface area is 123 Å². The van der Waals surface area contributed by atoms with Crippen LogP contribution in [0.2, 0.25) is 0 Å². The molecule has 5 heteroatoms. The van der Waals surface area contributed by atoms with Crippen molar-refractivity contribution in [1.82, 2.24) is 5.32 Å². The molecule has 3 aliphatic rings. The van der Waals surface area contributed by atoms with Gasteiger partial charge in [-0.1, -0.05) is 18.6 Å². The summed E-state index contributed by atoms with van der Waals surface area (Å²) in [4.78, 5) is 24.0. The summed E-state index contributed by atoms with van der Waals surface area (Å²) in [6, 6.07) is 0.218. The normalized spacial score (nSPS) is 42.0. The maximum atomic E-state index is 12.5. The Morgan fingerprint density at radius 1 is 1.20 bits per heavy atom. The summed E-state index contributed by atoms with van der Waals surface area (Å²) < 4.78 is 0. The summed E-state index contributed by atoms with van der Waals surface area (Å²) in [6.07, 6.45) is 10.2. The lowest BCUT2D eigenvalue weighted by atomic mass is 9.82. The number of carbonyl (C=O) groups is 2. The van der Waals surface area contributed by atoms with Gasteiger partial charge in [-0.25, -0.2) is 0 Å². The maximum Gasteiger partial charge on any atom is 0.307 e. The standard InChI is InChI=1S/C15H21NO3S/c1-20-11-4-2-3-10(11)16-14(17)12-8-5-6-9(7-8)13(12)15(18)19/h5-6,8-13H,2-4,7H2,1H3,(H,16,17)(H,18,19). The van der Waals surface area contributed by atoms with Crippen molar-refractivity contribution in [3.8, 4) is 0 Å². The minimum absolute atomic E-state index is 0.0415. The lowest BCUT2D eigenvalue weighted by Gasteiger charge is -2.27. The minimum Gasteiger partial charge on any atom is -0.481 e. The van der Waals surface area contributed by atoms with Crippen LogP contribution >= 0.6 is 11.8 Å². The van der Waals surface area contributed by atoms with Crippen molar-refractivity contribution < 1.29 is 14.7 Å². The first-order chi connectivity index (χ1) is 9.61. The number of amides is 1. The largest absolute Gasteiger partial charge is 0.481 e. The molecule has 2 N–H and O–H groups in total. The zero-order chi connectivity index (χ0) is 14.3. The number of hydrogen-bond donors (Lipinski definition) is 2. The molecule has 110 valence electrons. The summed E-state index contributed by atoms with van der Waals surface area (Å²) >= 11 is 1.80. The lowest BCUT2D eigenvalue weighted by Crippen LogP contribution is -2.46. The first-order valence-electron chi connectivity index (χ1n) is 7.36. The predicted molar refractivity (Wildman–Crippen MR) is 78.4 cm³/mol. The highest BCUT2D eigenvalue weighted by atomic mass is 32.2. The number of thioether (sulfide) groups is 1. The number of rotatable bonds is 4. The third kappa shape index (κ3) is 2.26. The topological polar surface area (TPSA) is 66.4 Å². The van der Waals surface area contributed by atoms with Gasteiger partial charge in [0.25, 0.3) is 0 Å². The first kappa shape index (κ1) is 14.0. The molecule has 6 atom stereocenters. The van der Waals surface area contributed by atoms with E-state index in [-0.39, 0.29) is 29.7 Å². The average Bonchev–Trinajstić information content (AvgIpc) is 3.12. The van der Waals surface area contributed by atoms with Gasteiger partial charge in [0.2, 0.25) is 5.91 Å². The predicted octanol–water partition coefficient (Wildman–Crippen LogP) is 1.91. The van der Waals surface area contributed by atoms with Crippen molar-refractivity contribution in [1.29, 1.82) is 0 Å². The number of carboxylic acids is 1. The number of allylic oxidation sites excluding steroid dienone is 2. The molecular formula is C15H21NO3S. The molecule has 0 aromatic heterocycles. The summed E-state index contributed by atoms with van der Waals surface area (Å²) in [7, 11) is 0. The second-order valence-electron chi connectivity index (χ2n) is 6.16. The van der Waals surface area contributed by atoms with E-state index in [1.54, 1.807) is 11.8 Å². The molecule has 6 unspecified atom stereocenters. The second kappa shape index (κ2) is 5.43. The molecule has 4 nitrogen and oxygen atoms in total. The van der Waals surface area contributed by atoms with E-state index in [2.05, 4.69) is 11.6 Å². The van der Waals surface area contributed by atoms with Crippen LogP contribution < -0.4 is 5.32 Å². The van der Waals surface area contributed by atoms with Crippen LogP contribution in [0.3, 0.4) is 0 Å². The molecule has 0 aromatic carbocycles. The Morgan fingerprint density at radius 3 is 2.55 bits per heavy atom. The molecular weight excluding hydrogens is 274 g/mol. The quantitative estimate of drug-likeness (QED) is 0.778. The Bertz CT molecular complexity index is 450. The smallest absolute Gasteiger partial charge is 0.307 e. The molecule has 2 fully saturated rings. The van der Waals surface area contributed by atoms with Gasteiger partial charge in [-0.05, 0) is 37.4 Å². The molecule has 0 saturated heterocycles. The van der Waals surface area contributed by atoms with Gasteiger partial charge in [0.15, 0.2) is 0 Å². The molecule has 3 aliphatic carbocycles. The second-order valence-corrected chi connectivity index (χ2v) is 7.24. The summed E-state index contributed by atoms with van der Waals surface area (Å²) in [6.45, 7) is 0. The number of fused-ring (bicyclic) bond motifs is 2. The van der Waals surface area contributed by atoms with Crippen LogP contribution in [0.5, 0.6) is 0 Å². The fraction of sp³-hybridized carbons (Fsp3) is 0.733. The van der Waals surface area contributed by atoms with Crippen molar-refractivity contribution in [3.05, 3.63) is 12.2 Å². The van der Waals surface area contributed by atoms with E-state index in [0.29, 0.717) is 5.25 Å². The molecule has 1 amide bonds. The number of carbonyl (C=O) groups excluding carboxylic acids is 1. The zero-order valence-electron chi connectivity index (χ0n) is 11.6. The van der Waals surface area contributed by atoms with E-state index in [4.69, 9.17) is 0 Å². The lowest BCUT2D eigenvalue weighted by molar-refractivity contribution is -0.148. The molecule has 0 heterocycles. The van der Waals surface area contributed by atoms with Crippen LogP contribution in [0, 0.1) is 23.7 Å². The Morgan fingerprint density at radius 2 is 1.90 bits per heavy atom. The maximum absolute atomic E-state index is 12.5. The monoisotopic (exact) mass is 295 g/mol. The van der Waals surface area contributed by atoms with Crippen LogP contribution in [0.1, 0.15) is 25.7 Å². The number of carboxylic acid groups (broad SMARTS) is 1. The molecule has 0 aliphatic heterocycles. The van der Waals surface area contributed by atoms with E-state index in [1.165, 1.54) is 0 Å². The highest BCUT2D eigenvalue weighted by Gasteiger charge is 2.52. The Kier molecular flexibility index (Phi) is 3.80. The summed E-state index contributed by atoms with van der Waals surface area (Å²) in [5, 5.41) is 13.0. The van der Waals surface area contributed by atoms with Gasteiger partial charge in [0.05, 0.1) is 11.8 Å². The fourth-order valence-corrected chi connectivity index (χ4v) is 5.10. The van der Waals surface area contributed by atoms with E-state index >= 15 is 0 Å². The van der Waals surface area contributed by atoms with Crippen molar-refractivity contribution in [2.45, 2.75) is 37.0 Å².